The van der Waals surface area contributed by atoms with Gasteiger partial charge in [0, 0.05) is 49.5 Å². The van der Waals surface area contributed by atoms with Gasteiger partial charge in [-0.3, -0.25) is 4.79 Å². The second-order valence-corrected chi connectivity index (χ2v) is 6.32. The van der Waals surface area contributed by atoms with Crippen molar-refractivity contribution in [3.05, 3.63) is 18.2 Å². The summed E-state index contributed by atoms with van der Waals surface area (Å²) in [5.74, 6) is 4.68. The Morgan fingerprint density at radius 3 is 3.12 bits per heavy atom. The maximum absolute atomic E-state index is 11.9. The van der Waals surface area contributed by atoms with Crippen LogP contribution in [-0.4, -0.2) is 37.8 Å². The number of carbonyl (C=O) groups is 1. The Kier molecular flexibility index (Phi) is 4.35. The highest BCUT2D eigenvalue weighted by atomic mass is 32.2. The van der Waals surface area contributed by atoms with Crippen LogP contribution in [0, 0.1) is 0 Å². The number of aryl methyl sites for hydroxylation is 2. The molecule has 16 heavy (non-hydrogen) atoms. The summed E-state index contributed by atoms with van der Waals surface area (Å²) in [7, 11) is 1.97. The Morgan fingerprint density at radius 1 is 1.62 bits per heavy atom. The van der Waals surface area contributed by atoms with Crippen molar-refractivity contribution in [3.63, 3.8) is 0 Å². The third-order valence-corrected chi connectivity index (χ3v) is 5.49. The van der Waals surface area contributed by atoms with Crippen molar-refractivity contribution in [2.75, 3.05) is 17.3 Å². The van der Waals surface area contributed by atoms with Crippen LogP contribution in [0.25, 0.3) is 0 Å². The number of Topliss-reactive ketones (excluding diaryl/α,β-unsaturated/α-hetero) is 1. The number of nitrogens with zero attached hydrogens (tertiary/aromatic N) is 2. The van der Waals surface area contributed by atoms with E-state index in [-0.39, 0.29) is 5.25 Å². The van der Waals surface area contributed by atoms with Crippen LogP contribution in [0.2, 0.25) is 0 Å². The molecule has 3 nitrogen and oxygen atoms in total. The summed E-state index contributed by atoms with van der Waals surface area (Å²) in [4.78, 5) is 16.2. The third kappa shape index (κ3) is 3.04. The molecule has 0 spiro atoms. The summed E-state index contributed by atoms with van der Waals surface area (Å²) < 4.78 is 1.98. The number of ketones is 1. The first-order valence-corrected chi connectivity index (χ1v) is 7.66. The van der Waals surface area contributed by atoms with E-state index in [1.54, 1.807) is 6.20 Å². The molecule has 0 saturated carbocycles. The molecule has 2 rings (SSSR count). The van der Waals surface area contributed by atoms with Crippen molar-refractivity contribution in [3.8, 4) is 0 Å². The predicted molar refractivity (Wildman–Crippen MR) is 70.1 cm³/mol. The summed E-state index contributed by atoms with van der Waals surface area (Å²) in [5, 5.41) is 0.221. The Labute approximate surface area is 104 Å². The van der Waals surface area contributed by atoms with E-state index in [2.05, 4.69) is 4.98 Å². The highest BCUT2D eigenvalue weighted by molar-refractivity contribution is 8.07. The summed E-state index contributed by atoms with van der Waals surface area (Å²) in [6.07, 6.45) is 5.10. The Hall–Kier alpha value is -0.420. The fourth-order valence-corrected chi connectivity index (χ4v) is 4.39. The van der Waals surface area contributed by atoms with E-state index in [1.807, 2.05) is 41.3 Å². The fourth-order valence-electron chi connectivity index (χ4n) is 1.71. The van der Waals surface area contributed by atoms with Crippen LogP contribution in [0.3, 0.4) is 0 Å². The molecular formula is C11H16N2OS2. The SMILES string of the molecule is Cn1ccnc1CCC(=O)C1CSCCS1. The second-order valence-electron chi connectivity index (χ2n) is 3.86. The molecular weight excluding hydrogens is 240 g/mol. The molecule has 1 aromatic rings. The lowest BCUT2D eigenvalue weighted by molar-refractivity contribution is -0.118. The minimum atomic E-state index is 0.221. The zero-order valence-corrected chi connectivity index (χ0v) is 11.0. The monoisotopic (exact) mass is 256 g/mol. The lowest BCUT2D eigenvalue weighted by Gasteiger charge is -2.19. The molecule has 0 aromatic carbocycles. The predicted octanol–water partition coefficient (Wildman–Crippen LogP) is 1.77. The van der Waals surface area contributed by atoms with Crippen molar-refractivity contribution in [2.24, 2.45) is 7.05 Å². The molecule has 1 aliphatic heterocycles. The molecule has 0 bridgehead atoms. The van der Waals surface area contributed by atoms with Gasteiger partial charge in [0.1, 0.15) is 11.6 Å². The van der Waals surface area contributed by atoms with Gasteiger partial charge < -0.3 is 4.57 Å². The van der Waals surface area contributed by atoms with Crippen LogP contribution in [0.1, 0.15) is 12.2 Å². The highest BCUT2D eigenvalue weighted by Gasteiger charge is 2.21. The van der Waals surface area contributed by atoms with E-state index in [9.17, 15) is 4.79 Å². The first kappa shape index (κ1) is 12.0. The molecule has 0 amide bonds. The van der Waals surface area contributed by atoms with Gasteiger partial charge in [0.15, 0.2) is 0 Å². The molecule has 1 saturated heterocycles. The maximum Gasteiger partial charge on any atom is 0.147 e. The van der Waals surface area contributed by atoms with Crippen LogP contribution in [0.5, 0.6) is 0 Å². The van der Waals surface area contributed by atoms with E-state index in [1.165, 1.54) is 5.75 Å². The smallest absolute Gasteiger partial charge is 0.147 e. The van der Waals surface area contributed by atoms with E-state index in [4.69, 9.17) is 0 Å². The van der Waals surface area contributed by atoms with Crippen molar-refractivity contribution in [1.82, 2.24) is 9.55 Å². The van der Waals surface area contributed by atoms with Crippen LogP contribution >= 0.6 is 23.5 Å². The van der Waals surface area contributed by atoms with Crippen LogP contribution in [-0.2, 0) is 18.3 Å². The van der Waals surface area contributed by atoms with E-state index >= 15 is 0 Å². The number of aromatic nitrogens is 2. The first-order chi connectivity index (χ1) is 7.77. The van der Waals surface area contributed by atoms with Gasteiger partial charge in [-0.15, -0.1) is 11.8 Å². The fraction of sp³-hybridized carbons (Fsp3) is 0.636. The van der Waals surface area contributed by atoms with Gasteiger partial charge in [-0.1, -0.05) is 0 Å². The number of imidazole rings is 1. The molecule has 0 radical (unpaired) electrons. The highest BCUT2D eigenvalue weighted by Crippen LogP contribution is 2.25. The van der Waals surface area contributed by atoms with Gasteiger partial charge >= 0.3 is 0 Å². The number of rotatable bonds is 4. The summed E-state index contributed by atoms with van der Waals surface area (Å²) in [6, 6.07) is 0. The molecule has 1 unspecified atom stereocenters. The lowest BCUT2D eigenvalue weighted by Crippen LogP contribution is -2.24. The number of carbonyl (C=O) groups excluding carboxylic acids is 1. The van der Waals surface area contributed by atoms with Gasteiger partial charge in [0.25, 0.3) is 0 Å². The summed E-state index contributed by atoms with van der Waals surface area (Å²) >= 11 is 3.71. The summed E-state index contributed by atoms with van der Waals surface area (Å²) in [6.45, 7) is 0. The molecule has 88 valence electrons. The Morgan fingerprint density at radius 2 is 2.50 bits per heavy atom. The Balaban J connectivity index is 1.81. The topological polar surface area (TPSA) is 34.9 Å². The molecule has 1 atom stereocenters. The van der Waals surface area contributed by atoms with Gasteiger partial charge in [0.2, 0.25) is 0 Å². The van der Waals surface area contributed by atoms with Crippen molar-refractivity contribution >= 4 is 29.3 Å². The van der Waals surface area contributed by atoms with Gasteiger partial charge in [0.05, 0.1) is 5.25 Å². The van der Waals surface area contributed by atoms with Crippen molar-refractivity contribution < 1.29 is 4.79 Å². The van der Waals surface area contributed by atoms with Gasteiger partial charge in [-0.2, -0.15) is 11.8 Å². The molecule has 5 heteroatoms. The molecule has 1 aliphatic rings. The first-order valence-electron chi connectivity index (χ1n) is 5.45. The van der Waals surface area contributed by atoms with Crippen LogP contribution in [0.15, 0.2) is 12.4 Å². The van der Waals surface area contributed by atoms with Gasteiger partial charge in [-0.05, 0) is 0 Å². The lowest BCUT2D eigenvalue weighted by atomic mass is 10.1. The molecule has 1 aromatic heterocycles. The minimum absolute atomic E-state index is 0.221. The normalized spacial score (nSPS) is 20.9. The van der Waals surface area contributed by atoms with Crippen LogP contribution < -0.4 is 0 Å². The molecule has 0 aliphatic carbocycles. The third-order valence-electron chi connectivity index (χ3n) is 2.69. The second kappa shape index (κ2) is 5.77. The number of hydrogen-bond acceptors (Lipinski definition) is 4. The van der Waals surface area contributed by atoms with Crippen LogP contribution in [0.4, 0.5) is 0 Å². The van der Waals surface area contributed by atoms with E-state index < -0.39 is 0 Å². The Bertz CT molecular complexity index is 359. The van der Waals surface area contributed by atoms with E-state index in [0.29, 0.717) is 12.2 Å². The standard InChI is InChI=1S/C11H16N2OS2/c1-13-5-4-12-11(13)3-2-9(14)10-8-15-6-7-16-10/h4-5,10H,2-3,6-8H2,1H3. The average Bonchev–Trinajstić information content (AvgIpc) is 2.73. The largest absolute Gasteiger partial charge is 0.338 e. The number of thioether (sulfide) groups is 2. The molecule has 0 N–H and O–H groups in total. The maximum atomic E-state index is 11.9. The average molecular weight is 256 g/mol. The minimum Gasteiger partial charge on any atom is -0.338 e. The number of hydrogen-bond donors (Lipinski definition) is 0. The van der Waals surface area contributed by atoms with Crippen molar-refractivity contribution in [2.45, 2.75) is 18.1 Å². The zero-order valence-electron chi connectivity index (χ0n) is 9.39. The van der Waals surface area contributed by atoms with E-state index in [0.717, 1.165) is 23.8 Å². The molecule has 2 heterocycles. The summed E-state index contributed by atoms with van der Waals surface area (Å²) in [5.41, 5.74) is 0. The van der Waals surface area contributed by atoms with Crippen molar-refractivity contribution in [1.29, 1.82) is 0 Å². The quantitative estimate of drug-likeness (QED) is 0.822. The molecule has 1 fully saturated rings. The van der Waals surface area contributed by atoms with Gasteiger partial charge in [-0.25, -0.2) is 4.98 Å². The zero-order chi connectivity index (χ0) is 11.4.